The maximum absolute atomic E-state index is 9.59. The van der Waals surface area contributed by atoms with E-state index in [4.69, 9.17) is 0 Å². The molecule has 1 heterocycles. The Kier molecular flexibility index (Phi) is 5.17. The fourth-order valence-corrected chi connectivity index (χ4v) is 2.10. The van der Waals surface area contributed by atoms with E-state index in [1.165, 1.54) is 4.88 Å². The third-order valence-electron chi connectivity index (χ3n) is 1.92. The zero-order chi connectivity index (χ0) is 11.3. The van der Waals surface area contributed by atoms with Crippen molar-refractivity contribution < 1.29 is 5.11 Å². The number of aliphatic hydroxyl groups is 1. The van der Waals surface area contributed by atoms with Gasteiger partial charge in [0, 0.05) is 30.7 Å². The number of rotatable bonds is 6. The number of hydrogen-bond donors (Lipinski definition) is 2. The monoisotopic (exact) mass is 229 g/mol. The topological polar surface area (TPSA) is 48.4 Å². The molecule has 0 saturated heterocycles. The third-order valence-corrected chi connectivity index (χ3v) is 2.84. The molecule has 1 unspecified atom stereocenters. The van der Waals surface area contributed by atoms with Crippen molar-refractivity contribution in [2.24, 2.45) is 0 Å². The Morgan fingerprint density at radius 3 is 2.87 bits per heavy atom. The van der Waals surface area contributed by atoms with Gasteiger partial charge in [0.25, 0.3) is 0 Å². The second-order valence-electron chi connectivity index (χ2n) is 3.89. The zero-order valence-corrected chi connectivity index (χ0v) is 10.3. The van der Waals surface area contributed by atoms with Gasteiger partial charge in [-0.15, -0.1) is 11.3 Å². The third kappa shape index (κ3) is 5.22. The van der Waals surface area contributed by atoms with Crippen LogP contribution in [0.25, 0.3) is 0 Å². The van der Waals surface area contributed by atoms with Crippen LogP contribution in [-0.4, -0.2) is 48.3 Å². The van der Waals surface area contributed by atoms with Crippen LogP contribution in [0.15, 0.2) is 6.20 Å². The molecule has 0 spiro atoms. The molecule has 0 aliphatic rings. The normalized spacial score (nSPS) is 13.4. The van der Waals surface area contributed by atoms with E-state index in [1.54, 1.807) is 11.3 Å². The Morgan fingerprint density at radius 1 is 1.60 bits per heavy atom. The minimum Gasteiger partial charge on any atom is -0.390 e. The zero-order valence-electron chi connectivity index (χ0n) is 9.53. The Morgan fingerprint density at radius 2 is 2.33 bits per heavy atom. The lowest BCUT2D eigenvalue weighted by molar-refractivity contribution is 0.134. The summed E-state index contributed by atoms with van der Waals surface area (Å²) in [6, 6.07) is 0. The van der Waals surface area contributed by atoms with Gasteiger partial charge >= 0.3 is 0 Å². The van der Waals surface area contributed by atoms with Crippen LogP contribution in [0.5, 0.6) is 0 Å². The molecule has 4 nitrogen and oxygen atoms in total. The standard InChI is InChI=1S/C10H19N3OS/c1-8-12-6-10(15-8)5-11-4-9(14)7-13(2)3/h6,9,11,14H,4-5,7H2,1-3H3. The lowest BCUT2D eigenvalue weighted by atomic mass is 10.3. The highest BCUT2D eigenvalue weighted by atomic mass is 32.1. The van der Waals surface area contributed by atoms with Gasteiger partial charge in [-0.3, -0.25) is 0 Å². The Balaban J connectivity index is 2.16. The van der Waals surface area contributed by atoms with E-state index < -0.39 is 0 Å². The van der Waals surface area contributed by atoms with Crippen LogP contribution in [0, 0.1) is 6.92 Å². The summed E-state index contributed by atoms with van der Waals surface area (Å²) in [5, 5.41) is 13.9. The van der Waals surface area contributed by atoms with Crippen molar-refractivity contribution in [1.82, 2.24) is 15.2 Å². The summed E-state index contributed by atoms with van der Waals surface area (Å²) in [4.78, 5) is 7.36. The number of aliphatic hydroxyl groups excluding tert-OH is 1. The first-order chi connectivity index (χ1) is 7.08. The second kappa shape index (κ2) is 6.17. The van der Waals surface area contributed by atoms with E-state index in [0.717, 1.165) is 11.6 Å². The molecule has 0 aliphatic carbocycles. The first kappa shape index (κ1) is 12.6. The molecule has 0 aliphatic heterocycles. The van der Waals surface area contributed by atoms with Crippen molar-refractivity contribution in [3.8, 4) is 0 Å². The second-order valence-corrected chi connectivity index (χ2v) is 5.21. The van der Waals surface area contributed by atoms with Gasteiger partial charge in [0.2, 0.25) is 0 Å². The minimum absolute atomic E-state index is 0.311. The maximum atomic E-state index is 9.59. The summed E-state index contributed by atoms with van der Waals surface area (Å²) in [6.45, 7) is 4.09. The number of likely N-dealkylation sites (N-methyl/N-ethyl adjacent to an activating group) is 1. The number of thiazole rings is 1. The van der Waals surface area contributed by atoms with E-state index in [0.29, 0.717) is 13.1 Å². The van der Waals surface area contributed by atoms with Crippen molar-refractivity contribution in [3.05, 3.63) is 16.1 Å². The molecule has 1 atom stereocenters. The van der Waals surface area contributed by atoms with Crippen LogP contribution in [0.2, 0.25) is 0 Å². The van der Waals surface area contributed by atoms with E-state index in [-0.39, 0.29) is 6.10 Å². The predicted octanol–water partition coefficient (Wildman–Crippen LogP) is 0.464. The fourth-order valence-electron chi connectivity index (χ4n) is 1.34. The maximum Gasteiger partial charge on any atom is 0.0897 e. The molecule has 5 heteroatoms. The smallest absolute Gasteiger partial charge is 0.0897 e. The molecule has 86 valence electrons. The van der Waals surface area contributed by atoms with Crippen LogP contribution < -0.4 is 5.32 Å². The van der Waals surface area contributed by atoms with E-state index in [2.05, 4.69) is 10.3 Å². The molecule has 0 aromatic carbocycles. The number of aromatic nitrogens is 1. The first-order valence-electron chi connectivity index (χ1n) is 5.02. The summed E-state index contributed by atoms with van der Waals surface area (Å²) in [6.07, 6.45) is 1.57. The van der Waals surface area contributed by atoms with Crippen molar-refractivity contribution in [2.75, 3.05) is 27.2 Å². The van der Waals surface area contributed by atoms with E-state index >= 15 is 0 Å². The van der Waals surface area contributed by atoms with Crippen LogP contribution in [0.4, 0.5) is 0 Å². The summed E-state index contributed by atoms with van der Waals surface area (Å²) >= 11 is 1.69. The molecule has 0 fully saturated rings. The first-order valence-corrected chi connectivity index (χ1v) is 5.84. The van der Waals surface area contributed by atoms with Crippen molar-refractivity contribution in [1.29, 1.82) is 0 Å². The molecule has 0 saturated carbocycles. The summed E-state index contributed by atoms with van der Waals surface area (Å²) in [7, 11) is 3.91. The van der Waals surface area contributed by atoms with Gasteiger partial charge < -0.3 is 15.3 Å². The van der Waals surface area contributed by atoms with Crippen LogP contribution in [-0.2, 0) is 6.54 Å². The molecular formula is C10H19N3OS. The van der Waals surface area contributed by atoms with Gasteiger partial charge in [0.05, 0.1) is 11.1 Å². The Hall–Kier alpha value is -0.490. The SMILES string of the molecule is Cc1ncc(CNCC(O)CN(C)C)s1. The summed E-state index contributed by atoms with van der Waals surface area (Å²) in [5.74, 6) is 0. The molecule has 1 aromatic rings. The highest BCUT2D eigenvalue weighted by Gasteiger charge is 2.05. The Bertz CT molecular complexity index is 288. The van der Waals surface area contributed by atoms with Crippen LogP contribution >= 0.6 is 11.3 Å². The number of nitrogens with zero attached hydrogens (tertiary/aromatic N) is 2. The van der Waals surface area contributed by atoms with Crippen LogP contribution in [0.3, 0.4) is 0 Å². The molecule has 0 amide bonds. The van der Waals surface area contributed by atoms with Gasteiger partial charge in [-0.05, 0) is 21.0 Å². The average Bonchev–Trinajstić information content (AvgIpc) is 2.50. The van der Waals surface area contributed by atoms with Crippen LogP contribution in [0.1, 0.15) is 9.88 Å². The molecule has 15 heavy (non-hydrogen) atoms. The van der Waals surface area contributed by atoms with Gasteiger partial charge in [0.15, 0.2) is 0 Å². The van der Waals surface area contributed by atoms with Crippen molar-refractivity contribution >= 4 is 11.3 Å². The lowest BCUT2D eigenvalue weighted by Crippen LogP contribution is -2.34. The van der Waals surface area contributed by atoms with Gasteiger partial charge in [0.1, 0.15) is 0 Å². The lowest BCUT2D eigenvalue weighted by Gasteiger charge is -2.15. The van der Waals surface area contributed by atoms with Crippen molar-refractivity contribution in [2.45, 2.75) is 19.6 Å². The fraction of sp³-hybridized carbons (Fsp3) is 0.700. The summed E-state index contributed by atoms with van der Waals surface area (Å²) < 4.78 is 0. The Labute approximate surface area is 94.9 Å². The number of nitrogens with one attached hydrogen (secondary N) is 1. The van der Waals surface area contributed by atoms with E-state index in [9.17, 15) is 5.11 Å². The highest BCUT2D eigenvalue weighted by Crippen LogP contribution is 2.10. The minimum atomic E-state index is -0.311. The highest BCUT2D eigenvalue weighted by molar-refractivity contribution is 7.11. The average molecular weight is 229 g/mol. The van der Waals surface area contributed by atoms with Gasteiger partial charge in [-0.1, -0.05) is 0 Å². The molecule has 0 radical (unpaired) electrons. The van der Waals surface area contributed by atoms with Gasteiger partial charge in [-0.25, -0.2) is 4.98 Å². The van der Waals surface area contributed by atoms with Crippen molar-refractivity contribution in [3.63, 3.8) is 0 Å². The van der Waals surface area contributed by atoms with E-state index in [1.807, 2.05) is 32.1 Å². The summed E-state index contributed by atoms with van der Waals surface area (Å²) in [5.41, 5.74) is 0. The van der Waals surface area contributed by atoms with Gasteiger partial charge in [-0.2, -0.15) is 0 Å². The molecule has 2 N–H and O–H groups in total. The number of aryl methyl sites for hydroxylation is 1. The molecular weight excluding hydrogens is 210 g/mol. The molecule has 1 rings (SSSR count). The predicted molar refractivity (Wildman–Crippen MR) is 63.1 cm³/mol. The largest absolute Gasteiger partial charge is 0.390 e. The number of hydrogen-bond acceptors (Lipinski definition) is 5. The molecule has 1 aromatic heterocycles. The molecule has 0 bridgehead atoms. The quantitative estimate of drug-likeness (QED) is 0.744.